The van der Waals surface area contributed by atoms with E-state index >= 15 is 0 Å². The molecule has 1 fully saturated rings. The quantitative estimate of drug-likeness (QED) is 0.736. The minimum Gasteiger partial charge on any atom is -0.361 e. The topological polar surface area (TPSA) is 44.9 Å². The lowest BCUT2D eigenvalue weighted by molar-refractivity contribution is -0.120. The number of amides is 1. The molecule has 2 aromatic heterocycles. The van der Waals surface area contributed by atoms with Gasteiger partial charge in [-0.15, -0.1) is 11.3 Å². The summed E-state index contributed by atoms with van der Waals surface area (Å²) in [6, 6.07) is 8.77. The fourth-order valence-electron chi connectivity index (χ4n) is 3.13. The molecule has 5 heteroatoms. The predicted octanol–water partition coefficient (Wildman–Crippen LogP) is 3.76. The van der Waals surface area contributed by atoms with Crippen molar-refractivity contribution < 1.29 is 9.18 Å². The van der Waals surface area contributed by atoms with Gasteiger partial charge in [0.25, 0.3) is 0 Å². The molecule has 118 valence electrons. The second-order valence-electron chi connectivity index (χ2n) is 6.21. The van der Waals surface area contributed by atoms with E-state index in [0.717, 1.165) is 28.6 Å². The lowest BCUT2D eigenvalue weighted by Gasteiger charge is -2.15. The highest BCUT2D eigenvalue weighted by atomic mass is 32.1. The first-order valence-electron chi connectivity index (χ1n) is 7.72. The lowest BCUT2D eigenvalue weighted by Crippen LogP contribution is -2.33. The zero-order valence-electron chi connectivity index (χ0n) is 12.6. The molecule has 3 aromatic rings. The van der Waals surface area contributed by atoms with Crippen molar-refractivity contribution in [3.05, 3.63) is 58.2 Å². The second-order valence-corrected chi connectivity index (χ2v) is 7.24. The molecular formula is C18H17FN2OS. The number of benzene rings is 1. The van der Waals surface area contributed by atoms with Crippen LogP contribution in [-0.2, 0) is 16.6 Å². The maximum atomic E-state index is 13.3. The summed E-state index contributed by atoms with van der Waals surface area (Å²) in [6.07, 6.45) is 4.50. The molecule has 3 nitrogen and oxygen atoms in total. The first-order valence-corrected chi connectivity index (χ1v) is 8.60. The Morgan fingerprint density at radius 2 is 2.22 bits per heavy atom. The number of H-pyrrole nitrogens is 1. The molecule has 2 heterocycles. The molecule has 0 saturated heterocycles. The third-order valence-electron chi connectivity index (χ3n) is 4.61. The Balaban J connectivity index is 1.48. The number of halogens is 1. The Bertz CT molecular complexity index is 849. The molecular weight excluding hydrogens is 311 g/mol. The van der Waals surface area contributed by atoms with Crippen molar-refractivity contribution in [2.45, 2.75) is 24.7 Å². The normalized spacial score (nSPS) is 15.7. The maximum Gasteiger partial charge on any atom is 0.225 e. The summed E-state index contributed by atoms with van der Waals surface area (Å²) in [5, 5.41) is 6.10. The van der Waals surface area contributed by atoms with Crippen molar-refractivity contribution in [2.24, 2.45) is 0 Å². The zero-order chi connectivity index (χ0) is 15.9. The minimum atomic E-state index is -0.236. The molecule has 1 amide bonds. The molecule has 4 rings (SSSR count). The molecule has 0 aliphatic heterocycles. The summed E-state index contributed by atoms with van der Waals surface area (Å²) in [7, 11) is 0. The van der Waals surface area contributed by atoms with Crippen LogP contribution in [0.2, 0.25) is 0 Å². The number of fused-ring (bicyclic) bond motifs is 1. The third-order valence-corrected chi connectivity index (χ3v) is 5.48. The van der Waals surface area contributed by atoms with Gasteiger partial charge in [-0.3, -0.25) is 4.79 Å². The van der Waals surface area contributed by atoms with Crippen LogP contribution in [0.4, 0.5) is 4.39 Å². The van der Waals surface area contributed by atoms with Crippen LogP contribution in [-0.4, -0.2) is 17.4 Å². The van der Waals surface area contributed by atoms with Gasteiger partial charge in [-0.25, -0.2) is 4.39 Å². The number of aromatic amines is 1. The van der Waals surface area contributed by atoms with Crippen LogP contribution in [0.5, 0.6) is 0 Å². The first kappa shape index (κ1) is 14.5. The summed E-state index contributed by atoms with van der Waals surface area (Å²) in [6.45, 7) is 0.640. The third kappa shape index (κ3) is 2.77. The lowest BCUT2D eigenvalue weighted by atomic mass is 9.95. The second kappa shape index (κ2) is 5.49. The van der Waals surface area contributed by atoms with E-state index in [1.807, 2.05) is 29.8 Å². The largest absolute Gasteiger partial charge is 0.361 e. The molecule has 1 aliphatic carbocycles. The van der Waals surface area contributed by atoms with E-state index in [0.29, 0.717) is 13.0 Å². The summed E-state index contributed by atoms with van der Waals surface area (Å²) in [4.78, 5) is 16.3. The summed E-state index contributed by atoms with van der Waals surface area (Å²) < 4.78 is 13.3. The summed E-state index contributed by atoms with van der Waals surface area (Å²) >= 11 is 1.60. The highest BCUT2D eigenvalue weighted by Gasteiger charge is 2.45. The Hall–Kier alpha value is -2.14. The van der Waals surface area contributed by atoms with Gasteiger partial charge in [0.15, 0.2) is 0 Å². The number of carbonyl (C=O) groups is 1. The molecule has 2 N–H and O–H groups in total. The van der Waals surface area contributed by atoms with Gasteiger partial charge in [-0.1, -0.05) is 6.07 Å². The van der Waals surface area contributed by atoms with Crippen molar-refractivity contribution in [2.75, 3.05) is 6.54 Å². The Morgan fingerprint density at radius 1 is 1.35 bits per heavy atom. The van der Waals surface area contributed by atoms with E-state index in [9.17, 15) is 9.18 Å². The van der Waals surface area contributed by atoms with Gasteiger partial charge in [0.2, 0.25) is 5.91 Å². The van der Waals surface area contributed by atoms with Crippen LogP contribution < -0.4 is 5.32 Å². The number of aromatic nitrogens is 1. The Morgan fingerprint density at radius 3 is 2.96 bits per heavy atom. The number of hydrogen-bond acceptors (Lipinski definition) is 2. The standard InChI is InChI=1S/C18H17FN2OS/c19-12-3-4-14-15(10-20-16(14)8-12)18(5-6-18)11-21-17(22)9-13-2-1-7-23-13/h1-4,7-8,10,20H,5-6,9,11H2,(H,21,22). The van der Waals surface area contributed by atoms with Crippen LogP contribution in [0.25, 0.3) is 10.9 Å². The van der Waals surface area contributed by atoms with Gasteiger partial charge < -0.3 is 10.3 Å². The van der Waals surface area contributed by atoms with E-state index in [2.05, 4.69) is 10.3 Å². The smallest absolute Gasteiger partial charge is 0.225 e. The summed E-state index contributed by atoms with van der Waals surface area (Å²) in [5.41, 5.74) is 2.00. The average molecular weight is 328 g/mol. The molecule has 0 radical (unpaired) electrons. The fraction of sp³-hybridized carbons (Fsp3) is 0.278. The average Bonchev–Trinajstić information content (AvgIpc) is 2.95. The SMILES string of the molecule is O=C(Cc1cccs1)NCC1(c2c[nH]c3cc(F)ccc23)CC1. The van der Waals surface area contributed by atoms with Crippen LogP contribution in [0.15, 0.2) is 41.9 Å². The van der Waals surface area contributed by atoms with Gasteiger partial charge in [0.05, 0.1) is 6.42 Å². The first-order chi connectivity index (χ1) is 11.2. The summed E-state index contributed by atoms with van der Waals surface area (Å²) in [5.74, 6) is -0.176. The molecule has 0 bridgehead atoms. The molecule has 1 aromatic carbocycles. The fourth-order valence-corrected chi connectivity index (χ4v) is 3.83. The highest BCUT2D eigenvalue weighted by Crippen LogP contribution is 2.50. The van der Waals surface area contributed by atoms with E-state index in [-0.39, 0.29) is 17.1 Å². The van der Waals surface area contributed by atoms with Gasteiger partial charge in [-0.2, -0.15) is 0 Å². The number of thiophene rings is 1. The molecule has 23 heavy (non-hydrogen) atoms. The van der Waals surface area contributed by atoms with Gasteiger partial charge in [0.1, 0.15) is 5.82 Å². The molecule has 0 atom stereocenters. The molecule has 0 spiro atoms. The van der Waals surface area contributed by atoms with Crippen molar-refractivity contribution >= 4 is 28.1 Å². The van der Waals surface area contributed by atoms with Gasteiger partial charge in [-0.05, 0) is 48.1 Å². The van der Waals surface area contributed by atoms with Crippen molar-refractivity contribution in [1.82, 2.24) is 10.3 Å². The van der Waals surface area contributed by atoms with Crippen LogP contribution >= 0.6 is 11.3 Å². The molecule has 1 aliphatic rings. The minimum absolute atomic E-state index is 0.00118. The Kier molecular flexibility index (Phi) is 3.45. The number of carbonyl (C=O) groups excluding carboxylic acids is 1. The van der Waals surface area contributed by atoms with E-state index in [4.69, 9.17) is 0 Å². The number of rotatable bonds is 5. The monoisotopic (exact) mass is 328 g/mol. The van der Waals surface area contributed by atoms with Crippen LogP contribution in [0.3, 0.4) is 0 Å². The van der Waals surface area contributed by atoms with E-state index in [1.165, 1.54) is 17.7 Å². The van der Waals surface area contributed by atoms with E-state index in [1.54, 1.807) is 11.3 Å². The number of nitrogens with one attached hydrogen (secondary N) is 2. The van der Waals surface area contributed by atoms with Gasteiger partial charge >= 0.3 is 0 Å². The maximum absolute atomic E-state index is 13.3. The van der Waals surface area contributed by atoms with Crippen molar-refractivity contribution in [1.29, 1.82) is 0 Å². The van der Waals surface area contributed by atoms with Crippen molar-refractivity contribution in [3.63, 3.8) is 0 Å². The van der Waals surface area contributed by atoms with Gasteiger partial charge in [0, 0.05) is 33.9 Å². The highest BCUT2D eigenvalue weighted by molar-refractivity contribution is 7.10. The molecule has 0 unspecified atom stereocenters. The van der Waals surface area contributed by atoms with Crippen LogP contribution in [0, 0.1) is 5.82 Å². The zero-order valence-corrected chi connectivity index (χ0v) is 13.4. The predicted molar refractivity (Wildman–Crippen MR) is 90.2 cm³/mol. The van der Waals surface area contributed by atoms with Crippen LogP contribution in [0.1, 0.15) is 23.3 Å². The Labute approximate surface area is 137 Å². The molecule has 1 saturated carbocycles. The van der Waals surface area contributed by atoms with Crippen molar-refractivity contribution in [3.8, 4) is 0 Å². The number of hydrogen-bond donors (Lipinski definition) is 2. The van der Waals surface area contributed by atoms with E-state index < -0.39 is 0 Å².